The van der Waals surface area contributed by atoms with Gasteiger partial charge in [0.25, 0.3) is 0 Å². The SMILES string of the molecule is O=C(CC1(C(=O)O)CCCC1)N1CCCCCCC1. The van der Waals surface area contributed by atoms with Crippen LogP contribution in [0.15, 0.2) is 0 Å². The van der Waals surface area contributed by atoms with Crippen LogP contribution in [0.5, 0.6) is 0 Å². The summed E-state index contributed by atoms with van der Waals surface area (Å²) in [5, 5.41) is 9.44. The topological polar surface area (TPSA) is 57.6 Å². The van der Waals surface area contributed by atoms with E-state index >= 15 is 0 Å². The highest BCUT2D eigenvalue weighted by molar-refractivity contribution is 5.85. The number of hydrogen-bond acceptors (Lipinski definition) is 2. The molecule has 0 unspecified atom stereocenters. The Kier molecular flexibility index (Phi) is 4.83. The largest absolute Gasteiger partial charge is 0.481 e. The fourth-order valence-electron chi connectivity index (χ4n) is 3.42. The van der Waals surface area contributed by atoms with E-state index in [1.54, 1.807) is 0 Å². The molecule has 0 aromatic heterocycles. The summed E-state index contributed by atoms with van der Waals surface area (Å²) in [5.41, 5.74) is -0.764. The maximum absolute atomic E-state index is 12.4. The van der Waals surface area contributed by atoms with Crippen molar-refractivity contribution < 1.29 is 14.7 Å². The predicted molar refractivity (Wildman–Crippen MR) is 72.8 cm³/mol. The zero-order valence-corrected chi connectivity index (χ0v) is 11.7. The number of carbonyl (C=O) groups excluding carboxylic acids is 1. The van der Waals surface area contributed by atoms with E-state index in [9.17, 15) is 14.7 Å². The molecule has 0 atom stereocenters. The molecule has 4 nitrogen and oxygen atoms in total. The summed E-state index contributed by atoms with van der Waals surface area (Å²) in [6, 6.07) is 0. The van der Waals surface area contributed by atoms with E-state index in [1.807, 2.05) is 4.90 Å². The lowest BCUT2D eigenvalue weighted by Gasteiger charge is -2.29. The molecule has 0 spiro atoms. The van der Waals surface area contributed by atoms with Crippen LogP contribution in [0.1, 0.15) is 64.2 Å². The van der Waals surface area contributed by atoms with Crippen molar-refractivity contribution >= 4 is 11.9 Å². The monoisotopic (exact) mass is 267 g/mol. The highest BCUT2D eigenvalue weighted by Gasteiger charge is 2.43. The fourth-order valence-corrected chi connectivity index (χ4v) is 3.42. The zero-order chi connectivity index (χ0) is 13.7. The van der Waals surface area contributed by atoms with Gasteiger partial charge in [-0.15, -0.1) is 0 Å². The van der Waals surface area contributed by atoms with Crippen LogP contribution in [-0.2, 0) is 9.59 Å². The highest BCUT2D eigenvalue weighted by Crippen LogP contribution is 2.41. The average molecular weight is 267 g/mol. The Bertz CT molecular complexity index is 326. The van der Waals surface area contributed by atoms with Crippen molar-refractivity contribution in [3.05, 3.63) is 0 Å². The highest BCUT2D eigenvalue weighted by atomic mass is 16.4. The van der Waals surface area contributed by atoms with Gasteiger partial charge in [0.2, 0.25) is 5.91 Å². The molecule has 1 saturated carbocycles. The molecule has 2 aliphatic rings. The summed E-state index contributed by atoms with van der Waals surface area (Å²) in [6.07, 6.45) is 9.20. The van der Waals surface area contributed by atoms with Crippen LogP contribution in [-0.4, -0.2) is 35.0 Å². The number of amides is 1. The Labute approximate surface area is 115 Å². The van der Waals surface area contributed by atoms with Crippen LogP contribution < -0.4 is 0 Å². The second kappa shape index (κ2) is 6.40. The number of nitrogens with zero attached hydrogens (tertiary/aromatic N) is 1. The minimum absolute atomic E-state index is 0.0613. The van der Waals surface area contributed by atoms with Crippen LogP contribution in [0.3, 0.4) is 0 Å². The number of rotatable bonds is 3. The van der Waals surface area contributed by atoms with E-state index in [2.05, 4.69) is 0 Å². The molecule has 1 N–H and O–H groups in total. The van der Waals surface area contributed by atoms with Gasteiger partial charge in [-0.05, 0) is 25.7 Å². The second-order valence-corrected chi connectivity index (χ2v) is 6.12. The van der Waals surface area contributed by atoms with Gasteiger partial charge in [-0.2, -0.15) is 0 Å². The number of hydrogen-bond donors (Lipinski definition) is 1. The molecule has 1 aliphatic carbocycles. The van der Waals surface area contributed by atoms with E-state index in [1.165, 1.54) is 19.3 Å². The minimum atomic E-state index is -0.773. The second-order valence-electron chi connectivity index (χ2n) is 6.12. The standard InChI is InChI=1S/C15H25NO3/c17-13(16-10-6-2-1-3-7-11-16)12-15(14(18)19)8-4-5-9-15/h1-12H2,(H,18,19). The Hall–Kier alpha value is -1.06. The maximum Gasteiger partial charge on any atom is 0.310 e. The van der Waals surface area contributed by atoms with Gasteiger partial charge in [-0.3, -0.25) is 9.59 Å². The Morgan fingerprint density at radius 3 is 1.95 bits per heavy atom. The Balaban J connectivity index is 1.96. The molecule has 0 radical (unpaired) electrons. The average Bonchev–Trinajstić information content (AvgIpc) is 2.78. The number of carboxylic acid groups (broad SMARTS) is 1. The molecule has 1 aliphatic heterocycles. The molecule has 1 amide bonds. The molecular formula is C15H25NO3. The van der Waals surface area contributed by atoms with E-state index < -0.39 is 11.4 Å². The van der Waals surface area contributed by atoms with Gasteiger partial charge in [0.15, 0.2) is 0 Å². The third kappa shape index (κ3) is 3.48. The van der Waals surface area contributed by atoms with Gasteiger partial charge in [0.1, 0.15) is 0 Å². The van der Waals surface area contributed by atoms with Gasteiger partial charge >= 0.3 is 5.97 Å². The zero-order valence-electron chi connectivity index (χ0n) is 11.7. The number of likely N-dealkylation sites (tertiary alicyclic amines) is 1. The first kappa shape index (κ1) is 14.4. The van der Waals surface area contributed by atoms with E-state index in [4.69, 9.17) is 0 Å². The van der Waals surface area contributed by atoms with Crippen LogP contribution in [0.25, 0.3) is 0 Å². The lowest BCUT2D eigenvalue weighted by Crippen LogP contribution is -2.39. The first-order valence-electron chi connectivity index (χ1n) is 7.65. The molecule has 4 heteroatoms. The third-order valence-electron chi connectivity index (χ3n) is 4.71. The van der Waals surface area contributed by atoms with E-state index in [0.717, 1.165) is 38.8 Å². The summed E-state index contributed by atoms with van der Waals surface area (Å²) in [5.74, 6) is -0.711. The molecule has 2 rings (SSSR count). The van der Waals surface area contributed by atoms with Crippen LogP contribution in [0, 0.1) is 5.41 Å². The van der Waals surface area contributed by atoms with Crippen molar-refractivity contribution in [2.45, 2.75) is 64.2 Å². The Morgan fingerprint density at radius 2 is 1.42 bits per heavy atom. The first-order chi connectivity index (χ1) is 9.14. The summed E-state index contributed by atoms with van der Waals surface area (Å²) in [7, 11) is 0. The van der Waals surface area contributed by atoms with Gasteiger partial charge in [-0.25, -0.2) is 0 Å². The molecule has 1 heterocycles. The summed E-state index contributed by atoms with van der Waals surface area (Å²) < 4.78 is 0. The van der Waals surface area contributed by atoms with Crippen LogP contribution >= 0.6 is 0 Å². The summed E-state index contributed by atoms with van der Waals surface area (Å²) in [4.78, 5) is 25.8. The molecule has 1 saturated heterocycles. The van der Waals surface area contributed by atoms with Gasteiger partial charge < -0.3 is 10.0 Å². The Morgan fingerprint density at radius 1 is 0.895 bits per heavy atom. The molecule has 2 fully saturated rings. The summed E-state index contributed by atoms with van der Waals surface area (Å²) in [6.45, 7) is 1.63. The van der Waals surface area contributed by atoms with Crippen molar-refractivity contribution in [1.29, 1.82) is 0 Å². The fraction of sp³-hybridized carbons (Fsp3) is 0.867. The molecule has 0 aromatic rings. The smallest absolute Gasteiger partial charge is 0.310 e. The first-order valence-corrected chi connectivity index (χ1v) is 7.65. The predicted octanol–water partition coefficient (Wildman–Crippen LogP) is 2.81. The lowest BCUT2D eigenvalue weighted by atomic mass is 9.82. The molecule has 19 heavy (non-hydrogen) atoms. The van der Waals surface area contributed by atoms with Crippen molar-refractivity contribution in [2.75, 3.05) is 13.1 Å². The van der Waals surface area contributed by atoms with Crippen molar-refractivity contribution in [2.24, 2.45) is 5.41 Å². The van der Waals surface area contributed by atoms with Gasteiger partial charge in [-0.1, -0.05) is 32.1 Å². The van der Waals surface area contributed by atoms with E-state index in [0.29, 0.717) is 12.8 Å². The third-order valence-corrected chi connectivity index (χ3v) is 4.71. The molecule has 108 valence electrons. The lowest BCUT2D eigenvalue weighted by molar-refractivity contribution is -0.153. The normalized spacial score (nSPS) is 23.7. The van der Waals surface area contributed by atoms with Crippen LogP contribution in [0.2, 0.25) is 0 Å². The number of aliphatic carboxylic acids is 1. The minimum Gasteiger partial charge on any atom is -0.481 e. The van der Waals surface area contributed by atoms with Crippen molar-refractivity contribution in [1.82, 2.24) is 4.90 Å². The quantitative estimate of drug-likeness (QED) is 0.855. The number of carbonyl (C=O) groups is 2. The van der Waals surface area contributed by atoms with Crippen molar-refractivity contribution in [3.63, 3.8) is 0 Å². The van der Waals surface area contributed by atoms with Gasteiger partial charge in [0.05, 0.1) is 5.41 Å². The van der Waals surface area contributed by atoms with E-state index in [-0.39, 0.29) is 12.3 Å². The molecule has 0 bridgehead atoms. The molecule has 0 aromatic carbocycles. The molecular weight excluding hydrogens is 242 g/mol. The van der Waals surface area contributed by atoms with Crippen molar-refractivity contribution in [3.8, 4) is 0 Å². The number of carboxylic acids is 1. The van der Waals surface area contributed by atoms with Gasteiger partial charge in [0, 0.05) is 19.5 Å². The van der Waals surface area contributed by atoms with Crippen LogP contribution in [0.4, 0.5) is 0 Å². The maximum atomic E-state index is 12.4. The summed E-state index contributed by atoms with van der Waals surface area (Å²) >= 11 is 0.